The third-order valence-electron chi connectivity index (χ3n) is 3.88. The maximum Gasteiger partial charge on any atom is 0.123 e. The molecule has 18 heavy (non-hydrogen) atoms. The molecule has 0 amide bonds. The van der Waals surface area contributed by atoms with Crippen molar-refractivity contribution in [1.82, 2.24) is 10.2 Å². The fourth-order valence-electron chi connectivity index (χ4n) is 2.26. The number of rotatable bonds is 6. The summed E-state index contributed by atoms with van der Waals surface area (Å²) in [4.78, 5) is 2.45. The van der Waals surface area contributed by atoms with Gasteiger partial charge in [-0.05, 0) is 57.0 Å². The molecule has 0 heterocycles. The second-order valence-electron chi connectivity index (χ2n) is 5.45. The highest BCUT2D eigenvalue weighted by molar-refractivity contribution is 5.26. The van der Waals surface area contributed by atoms with E-state index in [2.05, 4.69) is 24.2 Å². The fourth-order valence-corrected chi connectivity index (χ4v) is 2.26. The standard InChI is InChI=1S/C15H23FN2/c1-11-8-14(16)5-4-13(11)10-17-9-12(2)18(3)15-6-7-15/h4-5,8,12,15,17H,6-7,9-10H2,1-3H3. The van der Waals surface area contributed by atoms with Crippen molar-refractivity contribution >= 4 is 0 Å². The average Bonchev–Trinajstić information content (AvgIpc) is 3.15. The summed E-state index contributed by atoms with van der Waals surface area (Å²) in [6, 6.07) is 6.35. The van der Waals surface area contributed by atoms with E-state index in [0.717, 1.165) is 24.7 Å². The van der Waals surface area contributed by atoms with E-state index in [1.165, 1.54) is 24.5 Å². The van der Waals surface area contributed by atoms with Crippen LogP contribution < -0.4 is 5.32 Å². The molecule has 1 N–H and O–H groups in total. The van der Waals surface area contributed by atoms with Crippen molar-refractivity contribution in [3.63, 3.8) is 0 Å². The monoisotopic (exact) mass is 250 g/mol. The summed E-state index contributed by atoms with van der Waals surface area (Å²) in [5.74, 6) is -0.155. The molecule has 1 saturated carbocycles. The Balaban J connectivity index is 1.77. The Kier molecular flexibility index (Phi) is 4.36. The smallest absolute Gasteiger partial charge is 0.123 e. The molecule has 1 aliphatic carbocycles. The predicted molar refractivity (Wildman–Crippen MR) is 73.1 cm³/mol. The summed E-state index contributed by atoms with van der Waals surface area (Å²) in [5, 5.41) is 3.46. The van der Waals surface area contributed by atoms with Crippen molar-refractivity contribution in [3.05, 3.63) is 35.1 Å². The van der Waals surface area contributed by atoms with Gasteiger partial charge >= 0.3 is 0 Å². The van der Waals surface area contributed by atoms with Gasteiger partial charge in [0.05, 0.1) is 0 Å². The largest absolute Gasteiger partial charge is 0.311 e. The highest BCUT2D eigenvalue weighted by atomic mass is 19.1. The summed E-state index contributed by atoms with van der Waals surface area (Å²) in [6.07, 6.45) is 2.69. The first-order chi connectivity index (χ1) is 8.58. The Morgan fingerprint density at radius 3 is 2.78 bits per heavy atom. The number of nitrogens with one attached hydrogen (secondary N) is 1. The van der Waals surface area contributed by atoms with Crippen LogP contribution in [0.4, 0.5) is 4.39 Å². The summed E-state index contributed by atoms with van der Waals surface area (Å²) < 4.78 is 13.0. The van der Waals surface area contributed by atoms with E-state index in [4.69, 9.17) is 0 Å². The van der Waals surface area contributed by atoms with Crippen molar-refractivity contribution < 1.29 is 4.39 Å². The average molecular weight is 250 g/mol. The van der Waals surface area contributed by atoms with E-state index in [1.807, 2.05) is 13.0 Å². The van der Waals surface area contributed by atoms with Gasteiger partial charge in [-0.3, -0.25) is 4.90 Å². The second-order valence-corrected chi connectivity index (χ2v) is 5.45. The molecular formula is C15H23FN2. The van der Waals surface area contributed by atoms with Crippen molar-refractivity contribution in [2.24, 2.45) is 0 Å². The molecule has 1 aromatic rings. The lowest BCUT2D eigenvalue weighted by Gasteiger charge is -2.24. The van der Waals surface area contributed by atoms with Crippen LogP contribution in [-0.2, 0) is 6.54 Å². The van der Waals surface area contributed by atoms with Crippen molar-refractivity contribution in [3.8, 4) is 0 Å². The molecule has 0 bridgehead atoms. The van der Waals surface area contributed by atoms with Gasteiger partial charge in [-0.2, -0.15) is 0 Å². The number of hydrogen-bond donors (Lipinski definition) is 1. The summed E-state index contributed by atoms with van der Waals surface area (Å²) in [7, 11) is 2.20. The molecule has 0 radical (unpaired) electrons. The van der Waals surface area contributed by atoms with Crippen molar-refractivity contribution in [1.29, 1.82) is 0 Å². The van der Waals surface area contributed by atoms with Gasteiger partial charge in [0, 0.05) is 25.2 Å². The molecule has 0 aromatic heterocycles. The Bertz CT molecular complexity index is 401. The molecular weight excluding hydrogens is 227 g/mol. The van der Waals surface area contributed by atoms with Crippen LogP contribution in [0.25, 0.3) is 0 Å². The zero-order chi connectivity index (χ0) is 13.1. The molecule has 1 unspecified atom stereocenters. The van der Waals surface area contributed by atoms with E-state index in [-0.39, 0.29) is 5.82 Å². The van der Waals surface area contributed by atoms with Gasteiger partial charge in [-0.15, -0.1) is 0 Å². The molecule has 0 aliphatic heterocycles. The van der Waals surface area contributed by atoms with Gasteiger partial charge in [0.2, 0.25) is 0 Å². The lowest BCUT2D eigenvalue weighted by Crippen LogP contribution is -2.39. The molecule has 1 aromatic carbocycles. The van der Waals surface area contributed by atoms with Gasteiger partial charge in [0.15, 0.2) is 0 Å². The predicted octanol–water partition coefficient (Wildman–Crippen LogP) is 2.71. The van der Waals surface area contributed by atoms with Crippen LogP contribution in [0.5, 0.6) is 0 Å². The van der Waals surface area contributed by atoms with E-state index < -0.39 is 0 Å². The van der Waals surface area contributed by atoms with Gasteiger partial charge < -0.3 is 5.32 Å². The Morgan fingerprint density at radius 1 is 1.44 bits per heavy atom. The molecule has 2 nitrogen and oxygen atoms in total. The number of aryl methyl sites for hydroxylation is 1. The molecule has 1 atom stereocenters. The SMILES string of the molecule is Cc1cc(F)ccc1CNCC(C)N(C)C1CC1. The Labute approximate surface area is 109 Å². The molecule has 2 rings (SSSR count). The quantitative estimate of drug-likeness (QED) is 0.835. The number of benzene rings is 1. The number of halogens is 1. The van der Waals surface area contributed by atoms with Gasteiger partial charge in [-0.1, -0.05) is 6.07 Å². The van der Waals surface area contributed by atoms with E-state index in [0.29, 0.717) is 6.04 Å². The maximum atomic E-state index is 13.0. The van der Waals surface area contributed by atoms with Crippen LogP contribution in [0.1, 0.15) is 30.9 Å². The third-order valence-corrected chi connectivity index (χ3v) is 3.88. The van der Waals surface area contributed by atoms with Crippen LogP contribution >= 0.6 is 0 Å². The topological polar surface area (TPSA) is 15.3 Å². The van der Waals surface area contributed by atoms with Crippen molar-refractivity contribution in [2.75, 3.05) is 13.6 Å². The molecule has 0 spiro atoms. The van der Waals surface area contributed by atoms with Gasteiger partial charge in [-0.25, -0.2) is 4.39 Å². The molecule has 1 aliphatic rings. The Hall–Kier alpha value is -0.930. The first kappa shape index (κ1) is 13.5. The van der Waals surface area contributed by atoms with Crippen LogP contribution in [0.2, 0.25) is 0 Å². The third kappa shape index (κ3) is 3.53. The van der Waals surface area contributed by atoms with E-state index >= 15 is 0 Å². The summed E-state index contributed by atoms with van der Waals surface area (Å²) in [5.41, 5.74) is 2.20. The highest BCUT2D eigenvalue weighted by Crippen LogP contribution is 2.26. The minimum absolute atomic E-state index is 0.155. The summed E-state index contributed by atoms with van der Waals surface area (Å²) >= 11 is 0. The minimum atomic E-state index is -0.155. The first-order valence-corrected chi connectivity index (χ1v) is 6.75. The molecule has 0 saturated heterocycles. The fraction of sp³-hybridized carbons (Fsp3) is 0.600. The van der Waals surface area contributed by atoms with Gasteiger partial charge in [0.1, 0.15) is 5.82 Å². The lowest BCUT2D eigenvalue weighted by atomic mass is 10.1. The minimum Gasteiger partial charge on any atom is -0.311 e. The lowest BCUT2D eigenvalue weighted by molar-refractivity contribution is 0.241. The molecule has 3 heteroatoms. The summed E-state index contributed by atoms with van der Waals surface area (Å²) in [6.45, 7) is 6.00. The van der Waals surface area contributed by atoms with Crippen LogP contribution in [0.3, 0.4) is 0 Å². The molecule has 1 fully saturated rings. The normalized spacial score (nSPS) is 17.2. The van der Waals surface area contributed by atoms with Crippen molar-refractivity contribution in [2.45, 2.75) is 45.3 Å². The zero-order valence-electron chi connectivity index (χ0n) is 11.5. The van der Waals surface area contributed by atoms with E-state index in [1.54, 1.807) is 6.07 Å². The van der Waals surface area contributed by atoms with Crippen LogP contribution in [0.15, 0.2) is 18.2 Å². The number of hydrogen-bond acceptors (Lipinski definition) is 2. The molecule has 100 valence electrons. The maximum absolute atomic E-state index is 13.0. The van der Waals surface area contributed by atoms with Crippen LogP contribution in [-0.4, -0.2) is 30.6 Å². The van der Waals surface area contributed by atoms with E-state index in [9.17, 15) is 4.39 Å². The Morgan fingerprint density at radius 2 is 2.17 bits per heavy atom. The van der Waals surface area contributed by atoms with Crippen LogP contribution in [0, 0.1) is 12.7 Å². The zero-order valence-corrected chi connectivity index (χ0v) is 11.5. The number of nitrogens with zero attached hydrogens (tertiary/aromatic N) is 1. The first-order valence-electron chi connectivity index (χ1n) is 6.75. The highest BCUT2D eigenvalue weighted by Gasteiger charge is 2.28. The van der Waals surface area contributed by atoms with Gasteiger partial charge in [0.25, 0.3) is 0 Å². The second kappa shape index (κ2) is 5.81. The number of likely N-dealkylation sites (N-methyl/N-ethyl adjacent to an activating group) is 1.